The van der Waals surface area contributed by atoms with Crippen LogP contribution in [0.15, 0.2) is 35.3 Å². The lowest BCUT2D eigenvalue weighted by Crippen LogP contribution is -2.37. The largest absolute Gasteiger partial charge is 0.372 e. The summed E-state index contributed by atoms with van der Waals surface area (Å²) in [6.07, 6.45) is -1.93. The number of ether oxygens (including phenoxy) is 1. The molecule has 1 N–H and O–H groups in total. The van der Waals surface area contributed by atoms with Crippen LogP contribution in [0.25, 0.3) is 10.9 Å². The van der Waals surface area contributed by atoms with Gasteiger partial charge in [-0.25, -0.2) is 18.7 Å². The topological polar surface area (TPSA) is 69.0 Å². The van der Waals surface area contributed by atoms with Crippen LogP contribution in [0.4, 0.5) is 27.8 Å². The molecule has 3 aromatic rings. The van der Waals surface area contributed by atoms with Gasteiger partial charge in [-0.3, -0.25) is 4.79 Å². The summed E-state index contributed by atoms with van der Waals surface area (Å²) >= 11 is 0. The zero-order chi connectivity index (χ0) is 25.8. The first-order valence-corrected chi connectivity index (χ1v) is 11.8. The van der Waals surface area contributed by atoms with Gasteiger partial charge in [0.15, 0.2) is 0 Å². The Labute approximate surface area is 203 Å². The summed E-state index contributed by atoms with van der Waals surface area (Å²) in [4.78, 5) is 20.9. The number of aromatic nitrogens is 3. The molecule has 1 saturated heterocycles. The van der Waals surface area contributed by atoms with Gasteiger partial charge in [-0.15, -0.1) is 0 Å². The third kappa shape index (κ3) is 4.03. The van der Waals surface area contributed by atoms with Crippen LogP contribution in [0.2, 0.25) is 0 Å². The van der Waals surface area contributed by atoms with Crippen LogP contribution in [-0.2, 0) is 16.2 Å². The molecule has 11 heteroatoms. The second kappa shape index (κ2) is 8.79. The lowest BCUT2D eigenvalue weighted by molar-refractivity contribution is -0.122. The van der Waals surface area contributed by atoms with Crippen LogP contribution < -0.4 is 10.9 Å². The molecular formula is C25H25F5N4O2. The van der Waals surface area contributed by atoms with E-state index >= 15 is 13.2 Å². The van der Waals surface area contributed by atoms with Crippen molar-refractivity contribution in [2.24, 2.45) is 0 Å². The first-order valence-electron chi connectivity index (χ1n) is 11.8. The average Bonchev–Trinajstić information content (AvgIpc) is 3.46. The lowest BCUT2D eigenvalue weighted by atomic mass is 9.97. The number of anilines is 1. The minimum absolute atomic E-state index is 0.0487. The second-order valence-electron chi connectivity index (χ2n) is 9.52. The van der Waals surface area contributed by atoms with Crippen LogP contribution in [0, 0.1) is 12.7 Å². The van der Waals surface area contributed by atoms with E-state index in [1.165, 1.54) is 25.1 Å². The van der Waals surface area contributed by atoms with Gasteiger partial charge in [0.2, 0.25) is 5.82 Å². The van der Waals surface area contributed by atoms with Gasteiger partial charge in [0.1, 0.15) is 28.8 Å². The Balaban J connectivity index is 1.53. The maximum atomic E-state index is 15.0. The molecule has 6 nitrogen and oxygen atoms in total. The summed E-state index contributed by atoms with van der Waals surface area (Å²) in [6.45, 7) is 3.51. The van der Waals surface area contributed by atoms with E-state index in [0.717, 1.165) is 10.8 Å². The summed E-state index contributed by atoms with van der Waals surface area (Å²) in [5.74, 6) is -4.14. The highest BCUT2D eigenvalue weighted by atomic mass is 19.3. The van der Waals surface area contributed by atoms with Crippen molar-refractivity contribution >= 4 is 16.7 Å². The van der Waals surface area contributed by atoms with Crippen LogP contribution in [0.3, 0.4) is 0 Å². The van der Waals surface area contributed by atoms with E-state index in [1.807, 2.05) is 0 Å². The number of rotatable bonds is 7. The summed E-state index contributed by atoms with van der Waals surface area (Å²) in [5, 5.41) is 3.12. The van der Waals surface area contributed by atoms with Gasteiger partial charge in [0, 0.05) is 24.4 Å². The monoisotopic (exact) mass is 508 g/mol. The zero-order valence-electron chi connectivity index (χ0n) is 19.7. The van der Waals surface area contributed by atoms with Gasteiger partial charge in [0.25, 0.3) is 17.9 Å². The third-order valence-corrected chi connectivity index (χ3v) is 7.04. The molecule has 2 unspecified atom stereocenters. The number of nitrogens with zero attached hydrogens (tertiary/aromatic N) is 3. The predicted octanol–water partition coefficient (Wildman–Crippen LogP) is 5.44. The second-order valence-corrected chi connectivity index (χ2v) is 9.52. The number of fused-ring (bicyclic) bond motifs is 1. The number of halogens is 5. The van der Waals surface area contributed by atoms with E-state index in [-0.39, 0.29) is 47.4 Å². The van der Waals surface area contributed by atoms with Gasteiger partial charge >= 0.3 is 0 Å². The fourth-order valence-corrected chi connectivity index (χ4v) is 4.75. The fourth-order valence-electron chi connectivity index (χ4n) is 4.75. The Hall–Kier alpha value is -3.08. The number of alkyl halides is 4. The molecule has 2 atom stereocenters. The van der Waals surface area contributed by atoms with Crippen molar-refractivity contribution in [3.8, 4) is 0 Å². The summed E-state index contributed by atoms with van der Waals surface area (Å²) < 4.78 is 78.4. The average molecular weight is 508 g/mol. The standard InChI is InChI=1S/C25H25F5N4O2/c1-13(15-5-3-6-16(11-15)25(29,30)18-7-4-10-36-18)31-21-17-12-34(24(8-9-24)23(27)28)22(35)19(26)20(17)32-14(2)33-21/h3,5-6,11-13,18,23H,4,7-10H2,1-2H3,(H,31,32,33). The lowest BCUT2D eigenvalue weighted by Gasteiger charge is -2.24. The summed E-state index contributed by atoms with van der Waals surface area (Å²) in [6, 6.07) is 5.33. The number of pyridine rings is 1. The van der Waals surface area contributed by atoms with Crippen LogP contribution >= 0.6 is 0 Å². The highest BCUT2D eigenvalue weighted by Gasteiger charge is 2.54. The van der Waals surface area contributed by atoms with Crippen LogP contribution in [-0.4, -0.2) is 33.7 Å². The molecule has 0 radical (unpaired) electrons. The molecule has 3 heterocycles. The number of aryl methyl sites for hydroxylation is 1. The molecule has 2 aliphatic rings. The number of hydrogen-bond acceptors (Lipinski definition) is 5. The van der Waals surface area contributed by atoms with Crippen molar-refractivity contribution in [2.45, 2.75) is 69.6 Å². The molecule has 192 valence electrons. The molecule has 1 aromatic carbocycles. The van der Waals surface area contributed by atoms with Gasteiger partial charge in [-0.1, -0.05) is 18.2 Å². The molecule has 1 aliphatic heterocycles. The van der Waals surface area contributed by atoms with E-state index in [4.69, 9.17) is 4.74 Å². The quantitative estimate of drug-likeness (QED) is 0.431. The van der Waals surface area contributed by atoms with E-state index in [0.29, 0.717) is 18.6 Å². The van der Waals surface area contributed by atoms with Crippen molar-refractivity contribution < 1.29 is 26.7 Å². The van der Waals surface area contributed by atoms with Crippen LogP contribution in [0.5, 0.6) is 0 Å². The first kappa shape index (κ1) is 24.6. The predicted molar refractivity (Wildman–Crippen MR) is 123 cm³/mol. The fraction of sp³-hybridized carbons (Fsp3) is 0.480. The summed E-state index contributed by atoms with van der Waals surface area (Å²) in [5.41, 5.74) is -2.88. The SMILES string of the molecule is Cc1nc(NC(C)c2cccc(C(F)(F)C3CCCO3)c2)c2cn(C3(C(F)F)CC3)c(=O)c(F)c2n1. The highest BCUT2D eigenvalue weighted by molar-refractivity contribution is 5.89. The zero-order valence-corrected chi connectivity index (χ0v) is 19.7. The smallest absolute Gasteiger partial charge is 0.298 e. The molecule has 36 heavy (non-hydrogen) atoms. The molecule has 2 aromatic heterocycles. The van der Waals surface area contributed by atoms with Gasteiger partial charge in [-0.05, 0) is 51.2 Å². The minimum atomic E-state index is -3.17. The Morgan fingerprint density at radius 2 is 2.00 bits per heavy atom. The van der Waals surface area contributed by atoms with Gasteiger partial charge < -0.3 is 14.6 Å². The van der Waals surface area contributed by atoms with E-state index in [1.54, 1.807) is 13.0 Å². The molecule has 2 fully saturated rings. The molecule has 0 spiro atoms. The van der Waals surface area contributed by atoms with Crippen molar-refractivity contribution in [3.05, 3.63) is 63.6 Å². The number of hydrogen-bond donors (Lipinski definition) is 1. The molecule has 0 bridgehead atoms. The Bertz CT molecular complexity index is 1370. The number of nitrogens with one attached hydrogen (secondary N) is 1. The van der Waals surface area contributed by atoms with Crippen molar-refractivity contribution in [1.82, 2.24) is 14.5 Å². The van der Waals surface area contributed by atoms with Crippen molar-refractivity contribution in [1.29, 1.82) is 0 Å². The van der Waals surface area contributed by atoms with Gasteiger partial charge in [0.05, 0.1) is 5.39 Å². The van der Waals surface area contributed by atoms with Crippen molar-refractivity contribution in [3.63, 3.8) is 0 Å². The van der Waals surface area contributed by atoms with Gasteiger partial charge in [-0.2, -0.15) is 13.2 Å². The molecular weight excluding hydrogens is 483 g/mol. The number of benzene rings is 1. The van der Waals surface area contributed by atoms with E-state index < -0.39 is 41.4 Å². The molecule has 1 saturated carbocycles. The van der Waals surface area contributed by atoms with Crippen molar-refractivity contribution in [2.75, 3.05) is 11.9 Å². The third-order valence-electron chi connectivity index (χ3n) is 7.04. The Kier molecular flexibility index (Phi) is 6.01. The molecule has 5 rings (SSSR count). The Morgan fingerprint density at radius 3 is 2.64 bits per heavy atom. The highest BCUT2D eigenvalue weighted by Crippen LogP contribution is 2.48. The van der Waals surface area contributed by atoms with Crippen LogP contribution in [0.1, 0.15) is 55.6 Å². The first-order chi connectivity index (χ1) is 17.0. The summed E-state index contributed by atoms with van der Waals surface area (Å²) in [7, 11) is 0. The molecule has 1 aliphatic carbocycles. The Morgan fingerprint density at radius 1 is 1.25 bits per heavy atom. The van der Waals surface area contributed by atoms with E-state index in [2.05, 4.69) is 15.3 Å². The maximum Gasteiger partial charge on any atom is 0.298 e. The normalized spacial score (nSPS) is 20.2. The maximum absolute atomic E-state index is 15.0. The molecule has 0 amide bonds. The minimum Gasteiger partial charge on any atom is -0.372 e. The van der Waals surface area contributed by atoms with E-state index in [9.17, 15) is 13.6 Å².